The number of nitrogens with zero attached hydrogens (tertiary/aromatic N) is 1. The van der Waals surface area contributed by atoms with Gasteiger partial charge in [-0.25, -0.2) is 0 Å². The number of hydrogen-bond acceptors (Lipinski definition) is 2. The molecule has 0 aromatic heterocycles. The third kappa shape index (κ3) is 2.49. The van der Waals surface area contributed by atoms with Crippen LogP contribution >= 0.6 is 0 Å². The minimum atomic E-state index is -0.325. The number of hydrogen-bond donors (Lipinski definition) is 0. The van der Waals surface area contributed by atoms with Crippen LogP contribution < -0.4 is 0 Å². The Hall–Kier alpha value is -1.01. The van der Waals surface area contributed by atoms with E-state index >= 15 is 0 Å². The molecular formula is C11H17NO2. The largest absolute Gasteiger partial charge is 0.366 e. The summed E-state index contributed by atoms with van der Waals surface area (Å²) in [5.74, 6) is 1.89. The van der Waals surface area contributed by atoms with Gasteiger partial charge < -0.3 is 9.64 Å². The van der Waals surface area contributed by atoms with Crippen LogP contribution in [0.1, 0.15) is 27.7 Å². The van der Waals surface area contributed by atoms with E-state index < -0.39 is 0 Å². The summed E-state index contributed by atoms with van der Waals surface area (Å²) < 4.78 is 5.82. The molecule has 0 aromatic carbocycles. The first-order chi connectivity index (χ1) is 6.26. The van der Waals surface area contributed by atoms with Crippen LogP contribution in [0.2, 0.25) is 0 Å². The zero-order valence-corrected chi connectivity index (χ0v) is 9.26. The Morgan fingerprint density at radius 1 is 1.29 bits per heavy atom. The molecule has 3 heteroatoms. The van der Waals surface area contributed by atoms with Gasteiger partial charge in [-0.3, -0.25) is 4.79 Å². The van der Waals surface area contributed by atoms with Gasteiger partial charge in [0.05, 0.1) is 24.3 Å². The first-order valence-electron chi connectivity index (χ1n) is 4.71. The van der Waals surface area contributed by atoms with Gasteiger partial charge in [0.1, 0.15) is 0 Å². The number of carbonyl (C=O) groups is 1. The van der Waals surface area contributed by atoms with Gasteiger partial charge in [-0.05, 0) is 33.6 Å². The highest BCUT2D eigenvalue weighted by atomic mass is 16.5. The van der Waals surface area contributed by atoms with E-state index in [-0.39, 0.29) is 17.1 Å². The highest BCUT2D eigenvalue weighted by Gasteiger charge is 2.39. The third-order valence-electron chi connectivity index (χ3n) is 2.11. The molecule has 1 aliphatic heterocycles. The summed E-state index contributed by atoms with van der Waals surface area (Å²) in [6.07, 6.45) is 5.10. The van der Waals surface area contributed by atoms with Gasteiger partial charge in [0.15, 0.2) is 0 Å². The minimum absolute atomic E-state index is 0.255. The van der Waals surface area contributed by atoms with Crippen LogP contribution in [-0.4, -0.2) is 35.1 Å². The quantitative estimate of drug-likeness (QED) is 0.540. The molecule has 1 rings (SSSR count). The predicted octanol–water partition coefficient (Wildman–Crippen LogP) is 1.04. The molecule has 0 aromatic rings. The molecule has 1 aliphatic rings. The van der Waals surface area contributed by atoms with Crippen molar-refractivity contribution in [2.45, 2.75) is 38.9 Å². The number of terminal acetylenes is 1. The zero-order valence-electron chi connectivity index (χ0n) is 9.26. The van der Waals surface area contributed by atoms with E-state index in [1.165, 1.54) is 0 Å². The molecule has 14 heavy (non-hydrogen) atoms. The Morgan fingerprint density at radius 3 is 2.07 bits per heavy atom. The molecule has 1 fully saturated rings. The van der Waals surface area contributed by atoms with Gasteiger partial charge in [-0.1, -0.05) is 0 Å². The Bertz CT molecular complexity index is 270. The van der Waals surface area contributed by atoms with E-state index in [4.69, 9.17) is 11.2 Å². The standard InChI is InChI=1S/C11H17NO2/c1-6-9(13)12-7-10(2,3)14-11(4,5)8-12/h1H,7-8H2,2-5H3. The van der Waals surface area contributed by atoms with Gasteiger partial charge in [-0.2, -0.15) is 0 Å². The summed E-state index contributed by atoms with van der Waals surface area (Å²) in [5, 5.41) is 0. The SMILES string of the molecule is C#CC(=O)N1CC(C)(C)OC(C)(C)C1. The van der Waals surface area contributed by atoms with E-state index in [0.29, 0.717) is 13.1 Å². The molecule has 0 saturated carbocycles. The van der Waals surface area contributed by atoms with Crippen LogP contribution in [0.4, 0.5) is 0 Å². The van der Waals surface area contributed by atoms with Crippen molar-refractivity contribution in [3.63, 3.8) is 0 Å². The molecule has 1 saturated heterocycles. The maximum atomic E-state index is 11.4. The molecule has 3 nitrogen and oxygen atoms in total. The molecule has 0 bridgehead atoms. The maximum Gasteiger partial charge on any atom is 0.298 e. The molecule has 0 N–H and O–H groups in total. The first kappa shape index (κ1) is 11.1. The molecule has 0 aliphatic carbocycles. The fourth-order valence-corrected chi connectivity index (χ4v) is 2.02. The highest BCUT2D eigenvalue weighted by molar-refractivity contribution is 5.93. The van der Waals surface area contributed by atoms with E-state index in [2.05, 4.69) is 5.92 Å². The van der Waals surface area contributed by atoms with E-state index in [1.807, 2.05) is 27.7 Å². The van der Waals surface area contributed by atoms with Crippen LogP contribution in [0.25, 0.3) is 0 Å². The Morgan fingerprint density at radius 2 is 1.71 bits per heavy atom. The summed E-state index contributed by atoms with van der Waals surface area (Å²) in [7, 11) is 0. The van der Waals surface area contributed by atoms with Gasteiger partial charge in [0, 0.05) is 0 Å². The fraction of sp³-hybridized carbons (Fsp3) is 0.727. The van der Waals surface area contributed by atoms with Gasteiger partial charge in [-0.15, -0.1) is 6.42 Å². The fourth-order valence-electron chi connectivity index (χ4n) is 2.02. The third-order valence-corrected chi connectivity index (χ3v) is 2.11. The molecule has 78 valence electrons. The lowest BCUT2D eigenvalue weighted by molar-refractivity contribution is -0.185. The molecule has 0 spiro atoms. The molecule has 1 heterocycles. The van der Waals surface area contributed by atoms with Crippen molar-refractivity contribution in [1.82, 2.24) is 4.90 Å². The monoisotopic (exact) mass is 195 g/mol. The molecule has 0 unspecified atom stereocenters. The van der Waals surface area contributed by atoms with E-state index in [0.717, 1.165) is 0 Å². The average molecular weight is 195 g/mol. The lowest BCUT2D eigenvalue weighted by Gasteiger charge is -2.46. The molecular weight excluding hydrogens is 178 g/mol. The number of carbonyl (C=O) groups excluding carboxylic acids is 1. The number of rotatable bonds is 0. The van der Waals surface area contributed by atoms with Gasteiger partial charge in [0.25, 0.3) is 5.91 Å². The second kappa shape index (κ2) is 3.29. The number of amides is 1. The first-order valence-corrected chi connectivity index (χ1v) is 4.71. The van der Waals surface area contributed by atoms with Crippen molar-refractivity contribution in [2.24, 2.45) is 0 Å². The Kier molecular flexibility index (Phi) is 2.60. The number of morpholine rings is 1. The second-order valence-corrected chi connectivity index (χ2v) is 4.93. The van der Waals surface area contributed by atoms with Crippen molar-refractivity contribution >= 4 is 5.91 Å². The predicted molar refractivity (Wildman–Crippen MR) is 54.7 cm³/mol. The van der Waals surface area contributed by atoms with Crippen LogP contribution in [0.5, 0.6) is 0 Å². The average Bonchev–Trinajstić information content (AvgIpc) is 1.97. The summed E-state index contributed by atoms with van der Waals surface area (Å²) in [4.78, 5) is 13.0. The lowest BCUT2D eigenvalue weighted by atomic mass is 9.99. The van der Waals surface area contributed by atoms with Crippen molar-refractivity contribution < 1.29 is 9.53 Å². The zero-order chi connectivity index (χ0) is 11.0. The summed E-state index contributed by atoms with van der Waals surface area (Å²) >= 11 is 0. The van der Waals surface area contributed by atoms with Crippen molar-refractivity contribution in [2.75, 3.05) is 13.1 Å². The Balaban J connectivity index is 2.83. The lowest BCUT2D eigenvalue weighted by Crippen LogP contribution is -2.58. The topological polar surface area (TPSA) is 29.5 Å². The summed E-state index contributed by atoms with van der Waals surface area (Å²) in [5.41, 5.74) is -0.650. The second-order valence-electron chi connectivity index (χ2n) is 4.93. The normalized spacial score (nSPS) is 24.1. The van der Waals surface area contributed by atoms with Crippen LogP contribution in [0, 0.1) is 12.3 Å². The van der Waals surface area contributed by atoms with Crippen molar-refractivity contribution in [3.8, 4) is 12.3 Å². The van der Waals surface area contributed by atoms with Gasteiger partial charge in [0.2, 0.25) is 0 Å². The minimum Gasteiger partial charge on any atom is -0.366 e. The van der Waals surface area contributed by atoms with Gasteiger partial charge >= 0.3 is 0 Å². The van der Waals surface area contributed by atoms with Crippen molar-refractivity contribution in [1.29, 1.82) is 0 Å². The van der Waals surface area contributed by atoms with Crippen LogP contribution in [-0.2, 0) is 9.53 Å². The summed E-state index contributed by atoms with van der Waals surface area (Å²) in [6, 6.07) is 0. The van der Waals surface area contributed by atoms with Crippen molar-refractivity contribution in [3.05, 3.63) is 0 Å². The maximum absolute atomic E-state index is 11.4. The highest BCUT2D eigenvalue weighted by Crippen LogP contribution is 2.27. The molecule has 1 amide bonds. The molecule has 0 atom stereocenters. The summed E-state index contributed by atoms with van der Waals surface area (Å²) in [6.45, 7) is 8.96. The Labute approximate surface area is 85.4 Å². The van der Waals surface area contributed by atoms with E-state index in [9.17, 15) is 4.79 Å². The van der Waals surface area contributed by atoms with Crippen LogP contribution in [0.15, 0.2) is 0 Å². The smallest absolute Gasteiger partial charge is 0.298 e. The van der Waals surface area contributed by atoms with Crippen LogP contribution in [0.3, 0.4) is 0 Å². The van der Waals surface area contributed by atoms with E-state index in [1.54, 1.807) is 4.90 Å². The number of ether oxygens (including phenoxy) is 1. The molecule has 0 radical (unpaired) electrons.